The summed E-state index contributed by atoms with van der Waals surface area (Å²) in [4.78, 5) is 25.3. The number of carbonyl (C=O) groups excluding carboxylic acids is 1. The van der Waals surface area contributed by atoms with Gasteiger partial charge >= 0.3 is 0 Å². The van der Waals surface area contributed by atoms with E-state index >= 15 is 0 Å². The summed E-state index contributed by atoms with van der Waals surface area (Å²) in [6.07, 6.45) is 7.10. The molecule has 6 nitrogen and oxygen atoms in total. The fraction of sp³-hybridized carbons (Fsp3) is 0.435. The van der Waals surface area contributed by atoms with Crippen LogP contribution in [0, 0.1) is 0 Å². The van der Waals surface area contributed by atoms with Gasteiger partial charge in [-0.2, -0.15) is 0 Å². The van der Waals surface area contributed by atoms with Crippen LogP contribution in [0.1, 0.15) is 43.9 Å². The molecule has 1 amide bonds. The molecule has 150 valence electrons. The molecule has 2 aromatic heterocycles. The van der Waals surface area contributed by atoms with E-state index in [1.54, 1.807) is 6.20 Å². The standard InChI is InChI=1S/C23H27N5O/c1-16(2)17-4-6-18(7-5-17)22-21(27-11-3-10-24-23(27)25-22)14-26-12-19-8-9-20(13-26)28(19)15-29/h3-7,10-11,15-16,19-20H,8-9,12-14H2,1-2H3. The minimum Gasteiger partial charge on any atom is -0.337 e. The summed E-state index contributed by atoms with van der Waals surface area (Å²) >= 11 is 0. The Morgan fingerprint density at radius 1 is 1.14 bits per heavy atom. The van der Waals surface area contributed by atoms with Crippen LogP contribution in [0.5, 0.6) is 0 Å². The van der Waals surface area contributed by atoms with E-state index in [0.717, 1.165) is 55.9 Å². The Morgan fingerprint density at radius 3 is 2.52 bits per heavy atom. The highest BCUT2D eigenvalue weighted by atomic mass is 16.1. The van der Waals surface area contributed by atoms with E-state index < -0.39 is 0 Å². The quantitative estimate of drug-likeness (QED) is 0.628. The highest BCUT2D eigenvalue weighted by molar-refractivity contribution is 5.66. The SMILES string of the molecule is CC(C)c1ccc(-c2nc3ncccn3c2CN2CC3CCC(C2)N3C=O)cc1. The normalized spacial score (nSPS) is 22.0. The van der Waals surface area contributed by atoms with Crippen molar-refractivity contribution in [2.24, 2.45) is 0 Å². The molecule has 2 unspecified atom stereocenters. The summed E-state index contributed by atoms with van der Waals surface area (Å²) in [7, 11) is 0. The van der Waals surface area contributed by atoms with Gasteiger partial charge in [0.2, 0.25) is 12.2 Å². The third-order valence-corrected chi connectivity index (χ3v) is 6.46. The smallest absolute Gasteiger partial charge is 0.234 e. The Labute approximate surface area is 171 Å². The number of likely N-dealkylation sites (tertiary alicyclic amines) is 1. The van der Waals surface area contributed by atoms with Gasteiger partial charge < -0.3 is 4.90 Å². The van der Waals surface area contributed by atoms with Gasteiger partial charge in [0.05, 0.1) is 11.4 Å². The second-order valence-corrected chi connectivity index (χ2v) is 8.61. The molecule has 0 N–H and O–H groups in total. The second kappa shape index (κ2) is 7.26. The van der Waals surface area contributed by atoms with Crippen LogP contribution in [0.4, 0.5) is 0 Å². The van der Waals surface area contributed by atoms with E-state index in [2.05, 4.69) is 52.4 Å². The van der Waals surface area contributed by atoms with Crippen molar-refractivity contribution in [3.8, 4) is 11.3 Å². The summed E-state index contributed by atoms with van der Waals surface area (Å²) in [5.41, 5.74) is 4.64. The van der Waals surface area contributed by atoms with Gasteiger partial charge in [-0.15, -0.1) is 0 Å². The van der Waals surface area contributed by atoms with Crippen LogP contribution in [-0.2, 0) is 11.3 Å². The summed E-state index contributed by atoms with van der Waals surface area (Å²) in [5.74, 6) is 1.25. The van der Waals surface area contributed by atoms with Crippen molar-refractivity contribution in [1.82, 2.24) is 24.2 Å². The van der Waals surface area contributed by atoms with Crippen LogP contribution in [-0.4, -0.2) is 55.8 Å². The van der Waals surface area contributed by atoms with E-state index in [4.69, 9.17) is 4.98 Å². The zero-order valence-corrected chi connectivity index (χ0v) is 17.0. The van der Waals surface area contributed by atoms with E-state index in [0.29, 0.717) is 18.0 Å². The number of nitrogens with zero attached hydrogens (tertiary/aromatic N) is 5. The average molecular weight is 390 g/mol. The molecule has 6 heteroatoms. The molecule has 2 saturated heterocycles. The van der Waals surface area contributed by atoms with E-state index in [1.807, 2.05) is 17.2 Å². The number of rotatable bonds is 5. The molecule has 5 rings (SSSR count). The van der Waals surface area contributed by atoms with Crippen LogP contribution in [0.3, 0.4) is 0 Å². The van der Waals surface area contributed by atoms with Crippen LogP contribution < -0.4 is 0 Å². The van der Waals surface area contributed by atoms with Crippen molar-refractivity contribution in [2.45, 2.75) is 51.2 Å². The number of imidazole rings is 1. The van der Waals surface area contributed by atoms with Crippen molar-refractivity contribution in [2.75, 3.05) is 13.1 Å². The number of hydrogen-bond acceptors (Lipinski definition) is 4. The Balaban J connectivity index is 1.50. The van der Waals surface area contributed by atoms with Crippen LogP contribution in [0.15, 0.2) is 42.7 Å². The van der Waals surface area contributed by atoms with Gasteiger partial charge in [-0.3, -0.25) is 14.1 Å². The summed E-state index contributed by atoms with van der Waals surface area (Å²) in [6.45, 7) is 7.09. The Hall–Kier alpha value is -2.73. The first kappa shape index (κ1) is 18.3. The molecule has 3 aromatic rings. The Morgan fingerprint density at radius 2 is 1.86 bits per heavy atom. The molecule has 2 fully saturated rings. The molecule has 0 saturated carbocycles. The van der Waals surface area contributed by atoms with Crippen LogP contribution >= 0.6 is 0 Å². The fourth-order valence-corrected chi connectivity index (χ4v) is 4.88. The second-order valence-electron chi connectivity index (χ2n) is 8.61. The fourth-order valence-electron chi connectivity index (χ4n) is 4.88. The summed E-state index contributed by atoms with van der Waals surface area (Å²) in [6, 6.07) is 11.4. The zero-order valence-electron chi connectivity index (χ0n) is 17.0. The Kier molecular flexibility index (Phi) is 4.59. The lowest BCUT2D eigenvalue weighted by molar-refractivity contribution is -0.123. The lowest BCUT2D eigenvalue weighted by Crippen LogP contribution is -2.52. The van der Waals surface area contributed by atoms with Gasteiger partial charge in [0.15, 0.2) is 0 Å². The monoisotopic (exact) mass is 389 g/mol. The number of carbonyl (C=O) groups is 1. The third kappa shape index (κ3) is 3.21. The molecule has 29 heavy (non-hydrogen) atoms. The van der Waals surface area contributed by atoms with Crippen LogP contribution in [0.25, 0.3) is 17.0 Å². The first-order chi connectivity index (χ1) is 14.1. The first-order valence-electron chi connectivity index (χ1n) is 10.5. The van der Waals surface area contributed by atoms with Gasteiger partial charge in [-0.1, -0.05) is 38.1 Å². The molecular formula is C23H27N5O. The molecule has 2 atom stereocenters. The lowest BCUT2D eigenvalue weighted by atomic mass is 10.0. The molecule has 0 radical (unpaired) electrons. The van der Waals surface area contributed by atoms with Gasteiger partial charge in [0.25, 0.3) is 0 Å². The lowest BCUT2D eigenvalue weighted by Gasteiger charge is -2.39. The molecular weight excluding hydrogens is 362 g/mol. The van der Waals surface area contributed by atoms with Crippen molar-refractivity contribution in [1.29, 1.82) is 0 Å². The van der Waals surface area contributed by atoms with Gasteiger partial charge in [-0.25, -0.2) is 9.97 Å². The number of fused-ring (bicyclic) bond motifs is 3. The minimum atomic E-state index is 0.345. The maximum Gasteiger partial charge on any atom is 0.234 e. The van der Waals surface area contributed by atoms with Crippen LogP contribution in [0.2, 0.25) is 0 Å². The maximum atomic E-state index is 11.4. The number of benzene rings is 1. The Bertz CT molecular complexity index is 1010. The molecule has 2 aliphatic rings. The zero-order chi connectivity index (χ0) is 20.0. The first-order valence-corrected chi connectivity index (χ1v) is 10.5. The number of piperazine rings is 1. The minimum absolute atomic E-state index is 0.345. The van der Waals surface area contributed by atoms with E-state index in [1.165, 1.54) is 11.3 Å². The van der Waals surface area contributed by atoms with E-state index in [-0.39, 0.29) is 0 Å². The van der Waals surface area contributed by atoms with Crippen molar-refractivity contribution in [3.63, 3.8) is 0 Å². The number of amides is 1. The van der Waals surface area contributed by atoms with Gasteiger partial charge in [0.1, 0.15) is 0 Å². The average Bonchev–Trinajstić information content (AvgIpc) is 3.22. The molecule has 1 aromatic carbocycles. The van der Waals surface area contributed by atoms with Crippen molar-refractivity contribution < 1.29 is 4.79 Å². The molecule has 4 heterocycles. The molecule has 2 bridgehead atoms. The van der Waals surface area contributed by atoms with Crippen molar-refractivity contribution in [3.05, 3.63) is 54.0 Å². The third-order valence-electron chi connectivity index (χ3n) is 6.46. The van der Waals surface area contributed by atoms with Gasteiger partial charge in [-0.05, 0) is 30.4 Å². The molecule has 0 spiro atoms. The predicted molar refractivity (Wildman–Crippen MR) is 113 cm³/mol. The predicted octanol–water partition coefficient (Wildman–Crippen LogP) is 3.32. The molecule has 0 aliphatic carbocycles. The highest BCUT2D eigenvalue weighted by Gasteiger charge is 2.39. The number of hydrogen-bond donors (Lipinski definition) is 0. The largest absolute Gasteiger partial charge is 0.337 e. The number of aromatic nitrogens is 3. The topological polar surface area (TPSA) is 53.7 Å². The highest BCUT2D eigenvalue weighted by Crippen LogP contribution is 2.32. The van der Waals surface area contributed by atoms with E-state index in [9.17, 15) is 4.79 Å². The maximum absolute atomic E-state index is 11.4. The van der Waals surface area contributed by atoms with Crippen molar-refractivity contribution >= 4 is 12.2 Å². The summed E-state index contributed by atoms with van der Waals surface area (Å²) in [5, 5.41) is 0. The van der Waals surface area contributed by atoms with Gasteiger partial charge in [0, 0.05) is 49.7 Å². The molecule has 2 aliphatic heterocycles. The summed E-state index contributed by atoms with van der Waals surface area (Å²) < 4.78 is 2.11.